The lowest BCUT2D eigenvalue weighted by molar-refractivity contribution is 0.149. The maximum atomic E-state index is 9.94. The van der Waals surface area contributed by atoms with Gasteiger partial charge in [0.25, 0.3) is 8.32 Å². The van der Waals surface area contributed by atoms with Crippen LogP contribution >= 0.6 is 0 Å². The fraction of sp³-hybridized carbons (Fsp3) is 0.435. The van der Waals surface area contributed by atoms with Crippen LogP contribution < -0.4 is 15.7 Å². The number of hydrogen-bond donors (Lipinski definition) is 1. The van der Waals surface area contributed by atoms with E-state index in [9.17, 15) is 5.26 Å². The smallest absolute Gasteiger partial charge is 0.261 e. The summed E-state index contributed by atoms with van der Waals surface area (Å²) in [6.07, 6.45) is 1.70. The number of nitriles is 1. The van der Waals surface area contributed by atoms with Crippen molar-refractivity contribution in [2.45, 2.75) is 38.7 Å². The lowest BCUT2D eigenvalue weighted by Crippen LogP contribution is -2.67. The van der Waals surface area contributed by atoms with Gasteiger partial charge in [-0.2, -0.15) is 5.26 Å². The first-order valence-corrected chi connectivity index (χ1v) is 11.7. The second kappa shape index (κ2) is 7.98. The summed E-state index contributed by atoms with van der Waals surface area (Å²) in [5.74, 6) is 0. The average Bonchev–Trinajstić information content (AvgIpc) is 2.70. The molecule has 2 aromatic rings. The summed E-state index contributed by atoms with van der Waals surface area (Å²) in [5.41, 5.74) is -0.391. The highest BCUT2D eigenvalue weighted by Gasteiger charge is 2.51. The van der Waals surface area contributed by atoms with Gasteiger partial charge in [-0.05, 0) is 41.3 Å². The van der Waals surface area contributed by atoms with Crippen molar-refractivity contribution in [2.75, 3.05) is 19.7 Å². The Labute approximate surface area is 164 Å². The minimum atomic E-state index is -2.57. The highest BCUT2D eigenvalue weighted by molar-refractivity contribution is 6.99. The maximum Gasteiger partial charge on any atom is 0.261 e. The van der Waals surface area contributed by atoms with E-state index < -0.39 is 13.7 Å². The molecule has 1 aliphatic rings. The molecule has 0 aliphatic carbocycles. The average molecular weight is 379 g/mol. The van der Waals surface area contributed by atoms with Crippen molar-refractivity contribution in [2.24, 2.45) is 5.41 Å². The molecule has 0 unspecified atom stereocenters. The molecule has 0 spiro atoms. The van der Waals surface area contributed by atoms with Crippen molar-refractivity contribution in [1.82, 2.24) is 5.32 Å². The normalized spacial score (nSPS) is 17.3. The molecule has 0 radical (unpaired) electrons. The van der Waals surface area contributed by atoms with Gasteiger partial charge in [-0.3, -0.25) is 0 Å². The fourth-order valence-corrected chi connectivity index (χ4v) is 8.85. The Morgan fingerprint density at radius 3 is 1.85 bits per heavy atom. The topological polar surface area (TPSA) is 45.0 Å². The van der Waals surface area contributed by atoms with E-state index in [2.05, 4.69) is 92.8 Å². The summed E-state index contributed by atoms with van der Waals surface area (Å²) in [4.78, 5) is 0. The predicted molar refractivity (Wildman–Crippen MR) is 114 cm³/mol. The highest BCUT2D eigenvalue weighted by Crippen LogP contribution is 2.39. The van der Waals surface area contributed by atoms with E-state index in [1.165, 1.54) is 10.4 Å². The number of benzene rings is 2. The molecule has 0 atom stereocenters. The van der Waals surface area contributed by atoms with Crippen LogP contribution in [0.15, 0.2) is 60.7 Å². The van der Waals surface area contributed by atoms with Gasteiger partial charge in [-0.25, -0.2) is 0 Å². The van der Waals surface area contributed by atoms with Crippen molar-refractivity contribution in [3.05, 3.63) is 60.7 Å². The monoisotopic (exact) mass is 378 g/mol. The van der Waals surface area contributed by atoms with Gasteiger partial charge in [0.05, 0.1) is 18.1 Å². The Hall–Kier alpha value is -1.93. The molecular weight excluding hydrogens is 348 g/mol. The van der Waals surface area contributed by atoms with Crippen LogP contribution in [-0.4, -0.2) is 28.0 Å². The molecule has 1 N–H and O–H groups in total. The third kappa shape index (κ3) is 3.86. The van der Waals surface area contributed by atoms with E-state index in [4.69, 9.17) is 4.43 Å². The van der Waals surface area contributed by atoms with Crippen LogP contribution in [0, 0.1) is 16.7 Å². The molecule has 142 valence electrons. The van der Waals surface area contributed by atoms with Crippen LogP contribution in [-0.2, 0) is 4.43 Å². The van der Waals surface area contributed by atoms with E-state index in [-0.39, 0.29) is 5.04 Å². The molecule has 1 aliphatic heterocycles. The summed E-state index contributed by atoms with van der Waals surface area (Å²) in [7, 11) is -2.57. The Kier molecular flexibility index (Phi) is 5.85. The Morgan fingerprint density at radius 2 is 1.44 bits per heavy atom. The first kappa shape index (κ1) is 19.8. The summed E-state index contributed by atoms with van der Waals surface area (Å²) in [6.45, 7) is 9.11. The van der Waals surface area contributed by atoms with Crippen LogP contribution in [0.4, 0.5) is 0 Å². The van der Waals surface area contributed by atoms with E-state index in [1.807, 2.05) is 0 Å². The Bertz CT molecular complexity index is 732. The molecule has 4 heteroatoms. The van der Waals surface area contributed by atoms with Crippen molar-refractivity contribution in [3.63, 3.8) is 0 Å². The molecule has 0 bridgehead atoms. The fourth-order valence-electron chi connectivity index (χ4n) is 4.20. The van der Waals surface area contributed by atoms with Crippen LogP contribution in [0.3, 0.4) is 0 Å². The lowest BCUT2D eigenvalue weighted by atomic mass is 9.81. The Balaban J connectivity index is 2.08. The number of hydrogen-bond acceptors (Lipinski definition) is 3. The second-order valence-corrected chi connectivity index (χ2v) is 12.9. The number of piperidine rings is 1. The second-order valence-electron chi connectivity index (χ2n) is 8.59. The van der Waals surface area contributed by atoms with Crippen LogP contribution in [0.5, 0.6) is 0 Å². The largest absolute Gasteiger partial charge is 0.406 e. The van der Waals surface area contributed by atoms with Gasteiger partial charge in [-0.1, -0.05) is 81.4 Å². The van der Waals surface area contributed by atoms with Gasteiger partial charge in [0.2, 0.25) is 0 Å². The van der Waals surface area contributed by atoms with Gasteiger partial charge < -0.3 is 9.74 Å². The molecule has 0 aromatic heterocycles. The minimum absolute atomic E-state index is 0.0563. The van der Waals surface area contributed by atoms with Gasteiger partial charge in [-0.15, -0.1) is 0 Å². The third-order valence-electron chi connectivity index (χ3n) is 5.78. The first-order valence-electron chi connectivity index (χ1n) is 9.81. The van der Waals surface area contributed by atoms with Gasteiger partial charge in [0, 0.05) is 0 Å². The molecule has 0 saturated carbocycles. The standard InChI is InChI=1S/C23H30N2OSi/c1-22(2,3)27(20-10-6-4-7-11-20,21-12-8-5-9-13-21)26-19-23(18-24)14-16-25-17-15-23/h4-13,25H,14-17,19H2,1-3H3. The Morgan fingerprint density at radius 1 is 0.963 bits per heavy atom. The van der Waals surface area contributed by atoms with E-state index >= 15 is 0 Å². The minimum Gasteiger partial charge on any atom is -0.406 e. The van der Waals surface area contributed by atoms with E-state index in [0.717, 1.165) is 25.9 Å². The molecule has 1 saturated heterocycles. The summed E-state index contributed by atoms with van der Waals surface area (Å²) >= 11 is 0. The molecular formula is C23H30N2OSi. The molecule has 1 fully saturated rings. The van der Waals surface area contributed by atoms with Gasteiger partial charge in [0.15, 0.2) is 0 Å². The number of nitrogens with zero attached hydrogens (tertiary/aromatic N) is 1. The summed E-state index contributed by atoms with van der Waals surface area (Å²) in [6, 6.07) is 23.9. The van der Waals surface area contributed by atoms with Crippen molar-refractivity contribution < 1.29 is 4.43 Å². The quantitative estimate of drug-likeness (QED) is 0.811. The van der Waals surface area contributed by atoms with Crippen molar-refractivity contribution >= 4 is 18.7 Å². The van der Waals surface area contributed by atoms with E-state index in [1.54, 1.807) is 0 Å². The molecule has 2 aromatic carbocycles. The van der Waals surface area contributed by atoms with Crippen LogP contribution in [0.25, 0.3) is 0 Å². The van der Waals surface area contributed by atoms with Crippen molar-refractivity contribution in [3.8, 4) is 6.07 Å². The lowest BCUT2D eigenvalue weighted by Gasteiger charge is -2.45. The summed E-state index contributed by atoms with van der Waals surface area (Å²) < 4.78 is 6.99. The maximum absolute atomic E-state index is 9.94. The molecule has 3 rings (SSSR count). The number of rotatable bonds is 5. The summed E-state index contributed by atoms with van der Waals surface area (Å²) in [5, 5.41) is 15.8. The molecule has 3 nitrogen and oxygen atoms in total. The van der Waals surface area contributed by atoms with Gasteiger partial charge in [0.1, 0.15) is 0 Å². The number of nitrogens with one attached hydrogen (secondary N) is 1. The van der Waals surface area contributed by atoms with E-state index in [0.29, 0.717) is 6.61 Å². The molecule has 27 heavy (non-hydrogen) atoms. The molecule has 0 amide bonds. The SMILES string of the molecule is CC(C)(C)[Si](OCC1(C#N)CCNCC1)(c1ccccc1)c1ccccc1. The van der Waals surface area contributed by atoms with Crippen LogP contribution in [0.1, 0.15) is 33.6 Å². The zero-order valence-corrected chi connectivity index (χ0v) is 17.7. The van der Waals surface area contributed by atoms with Crippen molar-refractivity contribution in [1.29, 1.82) is 5.26 Å². The first-order chi connectivity index (χ1) is 12.9. The van der Waals surface area contributed by atoms with Gasteiger partial charge >= 0.3 is 0 Å². The van der Waals surface area contributed by atoms with Crippen LogP contribution in [0.2, 0.25) is 5.04 Å². The zero-order chi connectivity index (χ0) is 19.4. The molecule has 1 heterocycles. The third-order valence-corrected chi connectivity index (χ3v) is 10.8. The highest BCUT2D eigenvalue weighted by atomic mass is 28.4. The zero-order valence-electron chi connectivity index (χ0n) is 16.7. The predicted octanol–water partition coefficient (Wildman–Crippen LogP) is 3.46.